The Bertz CT molecular complexity index is 805. The Balaban J connectivity index is 2.08. The Morgan fingerprint density at radius 2 is 1.70 bits per heavy atom. The van der Waals surface area contributed by atoms with Crippen molar-refractivity contribution in [2.75, 3.05) is 11.1 Å². The molecule has 1 heterocycles. The normalized spacial score (nSPS) is 10.9. The molecule has 0 saturated heterocycles. The third kappa shape index (κ3) is 2.19. The van der Waals surface area contributed by atoms with Gasteiger partial charge in [-0.2, -0.15) is 0 Å². The minimum Gasteiger partial charge on any atom is -0.397 e. The van der Waals surface area contributed by atoms with Crippen LogP contribution in [0.4, 0.5) is 17.1 Å². The van der Waals surface area contributed by atoms with E-state index < -0.39 is 0 Å². The van der Waals surface area contributed by atoms with Crippen molar-refractivity contribution < 1.29 is 4.63 Å². The maximum atomic E-state index is 6.20. The smallest absolute Gasteiger partial charge is 0.160 e. The molecule has 2 aromatic carbocycles. The number of halogens is 3. The lowest BCUT2D eigenvalue weighted by Crippen LogP contribution is -1.95. The summed E-state index contributed by atoms with van der Waals surface area (Å²) in [6.07, 6.45) is 0. The summed E-state index contributed by atoms with van der Waals surface area (Å²) in [4.78, 5) is 0. The average Bonchev–Trinajstić information content (AvgIpc) is 2.92. The molecule has 20 heavy (non-hydrogen) atoms. The molecule has 8 heteroatoms. The Labute approximate surface area is 132 Å². The molecule has 0 amide bonds. The highest BCUT2D eigenvalue weighted by molar-refractivity contribution is 9.10. The average molecular weight is 374 g/mol. The van der Waals surface area contributed by atoms with Crippen molar-refractivity contribution in [3.63, 3.8) is 0 Å². The molecule has 0 bridgehead atoms. The van der Waals surface area contributed by atoms with Gasteiger partial charge < -0.3 is 11.1 Å². The summed E-state index contributed by atoms with van der Waals surface area (Å²) in [5.74, 6) is 0. The second kappa shape index (κ2) is 5.12. The number of rotatable bonds is 2. The number of hydrogen-bond acceptors (Lipinski definition) is 5. The van der Waals surface area contributed by atoms with Crippen LogP contribution in [-0.4, -0.2) is 10.3 Å². The lowest BCUT2D eigenvalue weighted by Gasteiger charge is -2.10. The molecule has 3 N–H and O–H groups in total. The highest BCUT2D eigenvalue weighted by Crippen LogP contribution is 2.38. The molecule has 0 radical (unpaired) electrons. The third-order valence-corrected chi connectivity index (χ3v) is 4.52. The van der Waals surface area contributed by atoms with Crippen LogP contribution in [0.15, 0.2) is 33.4 Å². The second-order valence-electron chi connectivity index (χ2n) is 4.01. The van der Waals surface area contributed by atoms with Gasteiger partial charge in [-0.3, -0.25) is 0 Å². The molecular weight excluding hydrogens is 367 g/mol. The molecular formula is C12H7BrCl2N4O. The molecule has 0 spiro atoms. The third-order valence-electron chi connectivity index (χ3n) is 2.75. The zero-order valence-corrected chi connectivity index (χ0v) is 12.9. The van der Waals surface area contributed by atoms with E-state index in [0.717, 1.165) is 4.47 Å². The van der Waals surface area contributed by atoms with E-state index in [4.69, 9.17) is 33.6 Å². The number of benzene rings is 2. The minimum atomic E-state index is 0.405. The number of nitrogens with one attached hydrogen (secondary N) is 1. The van der Waals surface area contributed by atoms with Crippen LogP contribution < -0.4 is 11.1 Å². The highest BCUT2D eigenvalue weighted by atomic mass is 79.9. The van der Waals surface area contributed by atoms with Gasteiger partial charge in [0.25, 0.3) is 0 Å². The van der Waals surface area contributed by atoms with E-state index in [1.165, 1.54) is 0 Å². The highest BCUT2D eigenvalue weighted by Gasteiger charge is 2.13. The van der Waals surface area contributed by atoms with Crippen LogP contribution in [0.1, 0.15) is 0 Å². The van der Waals surface area contributed by atoms with Crippen molar-refractivity contribution in [2.24, 2.45) is 0 Å². The van der Waals surface area contributed by atoms with Gasteiger partial charge in [-0.05, 0) is 50.5 Å². The van der Waals surface area contributed by atoms with Crippen molar-refractivity contribution in [1.29, 1.82) is 0 Å². The van der Waals surface area contributed by atoms with Crippen molar-refractivity contribution in [3.8, 4) is 0 Å². The molecule has 0 unspecified atom stereocenters. The summed E-state index contributed by atoms with van der Waals surface area (Å²) < 4.78 is 5.43. The number of nitrogen functional groups attached to an aromatic ring is 1. The summed E-state index contributed by atoms with van der Waals surface area (Å²) in [6, 6.07) is 7.08. The van der Waals surface area contributed by atoms with Crippen molar-refractivity contribution in [1.82, 2.24) is 10.3 Å². The van der Waals surface area contributed by atoms with Crippen LogP contribution in [0.3, 0.4) is 0 Å². The van der Waals surface area contributed by atoms with E-state index >= 15 is 0 Å². The minimum absolute atomic E-state index is 0.405. The molecule has 0 aliphatic heterocycles. The second-order valence-corrected chi connectivity index (χ2v) is 5.62. The summed E-state index contributed by atoms with van der Waals surface area (Å²) in [7, 11) is 0. The predicted octanol–water partition coefficient (Wildman–Crippen LogP) is 4.62. The molecule has 0 fully saturated rings. The zero-order chi connectivity index (χ0) is 14.3. The number of aromatic nitrogens is 2. The first kappa shape index (κ1) is 13.5. The lowest BCUT2D eigenvalue weighted by molar-refractivity contribution is 0.316. The van der Waals surface area contributed by atoms with Crippen molar-refractivity contribution in [2.45, 2.75) is 0 Å². The molecule has 0 aliphatic carbocycles. The largest absolute Gasteiger partial charge is 0.397 e. The number of fused-ring (bicyclic) bond motifs is 1. The molecule has 3 rings (SSSR count). The van der Waals surface area contributed by atoms with Gasteiger partial charge in [0.15, 0.2) is 11.0 Å². The Hall–Kier alpha value is -1.50. The van der Waals surface area contributed by atoms with Crippen LogP contribution in [0, 0.1) is 0 Å². The molecule has 1 aromatic heterocycles. The molecule has 5 nitrogen and oxygen atoms in total. The van der Waals surface area contributed by atoms with Crippen molar-refractivity contribution in [3.05, 3.63) is 38.8 Å². The molecule has 0 aliphatic rings. The van der Waals surface area contributed by atoms with E-state index in [2.05, 4.69) is 31.6 Å². The van der Waals surface area contributed by atoms with Gasteiger partial charge in [0.1, 0.15) is 0 Å². The summed E-state index contributed by atoms with van der Waals surface area (Å²) in [5, 5.41) is 11.6. The molecule has 102 valence electrons. The Morgan fingerprint density at radius 1 is 1.00 bits per heavy atom. The van der Waals surface area contributed by atoms with E-state index in [1.54, 1.807) is 24.3 Å². The quantitative estimate of drug-likeness (QED) is 0.506. The standard InChI is InChI=1S/C12H7BrCl2N4O/c13-5-1-3-7(10(15)9(5)14)17-8-4-2-6(16)11-12(8)19-20-18-11/h1-4,17H,16H2. The Morgan fingerprint density at radius 3 is 2.50 bits per heavy atom. The van der Waals surface area contributed by atoms with Crippen LogP contribution >= 0.6 is 39.1 Å². The summed E-state index contributed by atoms with van der Waals surface area (Å²) in [5.41, 5.74) is 8.63. The van der Waals surface area contributed by atoms with E-state index in [1.807, 2.05) is 0 Å². The first-order valence-corrected chi connectivity index (χ1v) is 7.04. The monoisotopic (exact) mass is 372 g/mol. The zero-order valence-electron chi connectivity index (χ0n) is 9.82. The fraction of sp³-hybridized carbons (Fsp3) is 0. The van der Waals surface area contributed by atoms with Gasteiger partial charge in [0.05, 0.1) is 27.1 Å². The first-order chi connectivity index (χ1) is 9.58. The van der Waals surface area contributed by atoms with Crippen LogP contribution in [0.25, 0.3) is 11.0 Å². The fourth-order valence-corrected chi connectivity index (χ4v) is 2.58. The fourth-order valence-electron chi connectivity index (χ4n) is 1.75. The maximum absolute atomic E-state index is 6.20. The maximum Gasteiger partial charge on any atom is 0.160 e. The lowest BCUT2D eigenvalue weighted by atomic mass is 10.2. The summed E-state index contributed by atoms with van der Waals surface area (Å²) in [6.45, 7) is 0. The van der Waals surface area contributed by atoms with Crippen LogP contribution in [0.2, 0.25) is 10.0 Å². The number of nitrogens with zero attached hydrogens (tertiary/aromatic N) is 2. The topological polar surface area (TPSA) is 77.0 Å². The van der Waals surface area contributed by atoms with E-state index in [-0.39, 0.29) is 0 Å². The molecule has 0 atom stereocenters. The number of hydrogen-bond donors (Lipinski definition) is 2. The van der Waals surface area contributed by atoms with Gasteiger partial charge in [-0.25, -0.2) is 4.63 Å². The first-order valence-electron chi connectivity index (χ1n) is 5.49. The molecule has 3 aromatic rings. The van der Waals surface area contributed by atoms with Gasteiger partial charge in [-0.15, -0.1) is 0 Å². The van der Waals surface area contributed by atoms with Crippen LogP contribution in [-0.2, 0) is 0 Å². The van der Waals surface area contributed by atoms with E-state index in [9.17, 15) is 0 Å². The number of nitrogens with two attached hydrogens (primary N) is 1. The predicted molar refractivity (Wildman–Crippen MR) is 83.7 cm³/mol. The summed E-state index contributed by atoms with van der Waals surface area (Å²) >= 11 is 15.6. The van der Waals surface area contributed by atoms with Crippen LogP contribution in [0.5, 0.6) is 0 Å². The molecule has 0 saturated carbocycles. The van der Waals surface area contributed by atoms with E-state index in [0.29, 0.717) is 38.1 Å². The van der Waals surface area contributed by atoms with Gasteiger partial charge in [0, 0.05) is 4.47 Å². The number of anilines is 3. The van der Waals surface area contributed by atoms with Gasteiger partial charge in [-0.1, -0.05) is 23.2 Å². The van der Waals surface area contributed by atoms with Crippen molar-refractivity contribution >= 4 is 67.2 Å². The van der Waals surface area contributed by atoms with Gasteiger partial charge >= 0.3 is 0 Å². The SMILES string of the molecule is Nc1ccc(Nc2ccc(Br)c(Cl)c2Cl)c2nonc12. The van der Waals surface area contributed by atoms with Gasteiger partial charge in [0.2, 0.25) is 0 Å². The Kier molecular flexibility index (Phi) is 3.45.